The van der Waals surface area contributed by atoms with E-state index in [1.807, 2.05) is 0 Å². The van der Waals surface area contributed by atoms with Crippen LogP contribution in [-0.2, 0) is 23.4 Å². The highest BCUT2D eigenvalue weighted by Gasteiger charge is 2.65. The van der Waals surface area contributed by atoms with E-state index in [2.05, 4.69) is 24.8 Å². The molecule has 1 aromatic carbocycles. The molecule has 1 fully saturated rings. The molecule has 0 aliphatic carbocycles. The number of aryl methyl sites for hydroxylation is 1. The smallest absolute Gasteiger partial charge is 0.459 e. The van der Waals surface area contributed by atoms with E-state index < -0.39 is 50.2 Å². The molecule has 0 spiro atoms. The summed E-state index contributed by atoms with van der Waals surface area (Å²) in [5, 5.41) is 13.1. The maximum Gasteiger partial charge on any atom is 0.459 e. The van der Waals surface area contributed by atoms with Crippen molar-refractivity contribution in [2.24, 2.45) is 0 Å². The van der Waals surface area contributed by atoms with Gasteiger partial charge in [0, 0.05) is 14.1 Å². The minimum atomic E-state index is -4.52. The highest BCUT2D eigenvalue weighted by atomic mass is 31.2. The predicted molar refractivity (Wildman–Crippen MR) is 139 cm³/mol. The monoisotopic (exact) mass is 584 g/mol. The molecule has 3 aromatic rings. The summed E-state index contributed by atoms with van der Waals surface area (Å²) in [6.45, 7) is 2.67. The van der Waals surface area contributed by atoms with Crippen LogP contribution in [0.4, 0.5) is 14.6 Å². The second kappa shape index (κ2) is 11.0. The topological polar surface area (TPSA) is 150 Å². The van der Waals surface area contributed by atoms with Gasteiger partial charge in [-0.05, 0) is 32.9 Å². The average Bonchev–Trinajstić information content (AvgIpc) is 3.39. The Labute approximate surface area is 229 Å². The molecule has 2 N–H and O–H groups in total. The number of anilines is 1. The summed E-state index contributed by atoms with van der Waals surface area (Å²) >= 11 is 0. The van der Waals surface area contributed by atoms with E-state index in [4.69, 9.17) is 13.8 Å². The number of rotatable bonds is 10. The van der Waals surface area contributed by atoms with Crippen molar-refractivity contribution in [1.29, 1.82) is 0 Å². The van der Waals surface area contributed by atoms with E-state index in [0.717, 1.165) is 18.6 Å². The number of fused-ring (bicyclic) bond motifs is 1. The number of aliphatic hydroxyl groups is 1. The van der Waals surface area contributed by atoms with E-state index in [-0.39, 0.29) is 11.4 Å². The number of para-hydroxylation sites is 1. The molecule has 16 heteroatoms. The fourth-order valence-electron chi connectivity index (χ4n) is 4.20. The number of imidazole rings is 1. The number of methoxy groups -OCH3 is 1. The van der Waals surface area contributed by atoms with Crippen LogP contribution in [0.2, 0.25) is 0 Å². The van der Waals surface area contributed by atoms with Gasteiger partial charge in [0.15, 0.2) is 35.0 Å². The highest BCUT2D eigenvalue weighted by molar-refractivity contribution is 7.52. The quantitative estimate of drug-likeness (QED) is 0.266. The Bertz CT molecular complexity index is 1430. The van der Waals surface area contributed by atoms with Crippen LogP contribution in [-0.4, -0.2) is 82.1 Å². The normalized spacial score (nSPS) is 26.8. The predicted octanol–water partition coefficient (Wildman–Crippen LogP) is 2.84. The average molecular weight is 585 g/mol. The van der Waals surface area contributed by atoms with Crippen LogP contribution >= 0.6 is 7.75 Å². The molecule has 0 unspecified atom stereocenters. The number of carbonyl (C=O) groups is 1. The van der Waals surface area contributed by atoms with Crippen LogP contribution in [0.25, 0.3) is 11.2 Å². The van der Waals surface area contributed by atoms with Gasteiger partial charge in [-0.25, -0.2) is 28.3 Å². The van der Waals surface area contributed by atoms with E-state index in [1.54, 1.807) is 44.1 Å². The van der Waals surface area contributed by atoms with Gasteiger partial charge in [0.05, 0.1) is 13.4 Å². The van der Waals surface area contributed by atoms with Crippen molar-refractivity contribution in [3.05, 3.63) is 42.5 Å². The summed E-state index contributed by atoms with van der Waals surface area (Å²) in [6.07, 6.45) is -2.94. The Morgan fingerprint density at radius 3 is 2.60 bits per heavy atom. The zero-order valence-corrected chi connectivity index (χ0v) is 23.6. The molecule has 1 aliphatic heterocycles. The lowest BCUT2D eigenvalue weighted by atomic mass is 9.97. The summed E-state index contributed by atoms with van der Waals surface area (Å²) < 4.78 is 67.7. The van der Waals surface area contributed by atoms with Crippen molar-refractivity contribution in [3.63, 3.8) is 0 Å². The third-order valence-corrected chi connectivity index (χ3v) is 7.85. The van der Waals surface area contributed by atoms with E-state index in [9.17, 15) is 14.5 Å². The number of aliphatic hydroxyl groups excluding tert-OH is 1. The minimum absolute atomic E-state index is 0.0704. The van der Waals surface area contributed by atoms with Gasteiger partial charge in [-0.1, -0.05) is 18.2 Å². The van der Waals surface area contributed by atoms with Crippen LogP contribution in [0.3, 0.4) is 0 Å². The first-order valence-electron chi connectivity index (χ1n) is 12.2. The molecule has 218 valence electrons. The zero-order chi connectivity index (χ0) is 29.5. The first kappa shape index (κ1) is 29.7. The molecule has 4 rings (SSSR count). The molecule has 2 aromatic heterocycles. The summed E-state index contributed by atoms with van der Waals surface area (Å²) in [5.74, 6) is -3.15. The maximum absolute atomic E-state index is 16.2. The number of nitrogens with zero attached hydrogens (tertiary/aromatic N) is 5. The Balaban J connectivity index is 1.64. The molecule has 0 radical (unpaired) electrons. The highest BCUT2D eigenvalue weighted by Crippen LogP contribution is 2.52. The molecule has 6 atom stereocenters. The van der Waals surface area contributed by atoms with Gasteiger partial charge < -0.3 is 24.0 Å². The van der Waals surface area contributed by atoms with Gasteiger partial charge in [0.1, 0.15) is 24.2 Å². The Morgan fingerprint density at radius 2 is 1.98 bits per heavy atom. The number of benzene rings is 1. The molecular formula is C24H31F2N6O7P. The first-order chi connectivity index (χ1) is 18.7. The Kier molecular flexibility index (Phi) is 8.16. The van der Waals surface area contributed by atoms with Gasteiger partial charge in [0.2, 0.25) is 0 Å². The second-order valence-electron chi connectivity index (χ2n) is 9.67. The third kappa shape index (κ3) is 5.65. The van der Waals surface area contributed by atoms with Gasteiger partial charge in [0.25, 0.3) is 5.85 Å². The number of alkyl halides is 2. The summed E-state index contributed by atoms with van der Waals surface area (Å²) in [4.78, 5) is 26.5. The number of halogens is 2. The zero-order valence-electron chi connectivity index (χ0n) is 22.7. The molecule has 1 aliphatic rings. The molecule has 3 heterocycles. The SMILES string of the molecule is COC(=O)[C@H](C)N[P@](=O)(OC[C@@]1(F)O[C@@H](n2cnc3c(N(C)C)nc(C)nc32)[C@](C)(F)[C@@H]1O)Oc1ccccc1. The number of ether oxygens (including phenoxy) is 2. The number of carbonyl (C=O) groups excluding carboxylic acids is 1. The summed E-state index contributed by atoms with van der Waals surface area (Å²) in [6, 6.07) is 6.57. The Hall–Kier alpha value is -3.23. The van der Waals surface area contributed by atoms with Crippen LogP contribution in [0.15, 0.2) is 36.7 Å². The van der Waals surface area contributed by atoms with Gasteiger partial charge >= 0.3 is 13.7 Å². The molecule has 40 heavy (non-hydrogen) atoms. The lowest BCUT2D eigenvalue weighted by molar-refractivity contribution is -0.202. The summed E-state index contributed by atoms with van der Waals surface area (Å²) in [7, 11) is 0.0845. The second-order valence-corrected chi connectivity index (χ2v) is 11.4. The number of esters is 1. The van der Waals surface area contributed by atoms with Crippen molar-refractivity contribution >= 4 is 30.7 Å². The van der Waals surface area contributed by atoms with Gasteiger partial charge in [-0.15, -0.1) is 0 Å². The standard InChI is InChI=1S/C24H31F2N6O7P/c1-14(20(33)36-6)30-40(35,39-16-10-8-7-9-11-16)37-12-24(26)21(34)23(3,25)22(38-24)32-13-27-17-18(31(4)5)28-15(2)29-19(17)32/h7-11,13-14,21-22,34H,12H2,1-6H3,(H,30,35)/t14-,21-,22+,23+,24+,40-/m0/s1. The largest absolute Gasteiger partial charge is 0.468 e. The molecule has 1 saturated heterocycles. The lowest BCUT2D eigenvalue weighted by Gasteiger charge is -2.28. The van der Waals surface area contributed by atoms with Crippen LogP contribution in [0.1, 0.15) is 25.9 Å². The molecule has 0 saturated carbocycles. The van der Waals surface area contributed by atoms with Crippen molar-refractivity contribution in [1.82, 2.24) is 24.6 Å². The summed E-state index contributed by atoms with van der Waals surface area (Å²) in [5.41, 5.74) is -2.27. The number of hydrogen-bond acceptors (Lipinski definition) is 11. The van der Waals surface area contributed by atoms with Gasteiger partial charge in [-0.3, -0.25) is 13.9 Å². The molecule has 13 nitrogen and oxygen atoms in total. The van der Waals surface area contributed by atoms with Gasteiger partial charge in [-0.2, -0.15) is 5.09 Å². The fourth-order valence-corrected chi connectivity index (χ4v) is 5.71. The number of aromatic nitrogens is 4. The molecule has 0 amide bonds. The van der Waals surface area contributed by atoms with Crippen LogP contribution < -0.4 is 14.5 Å². The van der Waals surface area contributed by atoms with Crippen molar-refractivity contribution < 1.29 is 41.8 Å². The lowest BCUT2D eigenvalue weighted by Crippen LogP contribution is -2.47. The van der Waals surface area contributed by atoms with Crippen molar-refractivity contribution in [2.45, 2.75) is 50.7 Å². The van der Waals surface area contributed by atoms with E-state index in [0.29, 0.717) is 17.2 Å². The number of hydrogen-bond donors (Lipinski definition) is 2. The van der Waals surface area contributed by atoms with Crippen LogP contribution in [0.5, 0.6) is 5.75 Å². The van der Waals surface area contributed by atoms with E-state index in [1.165, 1.54) is 25.4 Å². The Morgan fingerprint density at radius 1 is 1.30 bits per heavy atom. The fraction of sp³-hybridized carbons (Fsp3) is 0.500. The van der Waals surface area contributed by atoms with E-state index >= 15 is 8.78 Å². The first-order valence-corrected chi connectivity index (χ1v) is 13.7. The van der Waals surface area contributed by atoms with Crippen molar-refractivity contribution in [3.8, 4) is 5.75 Å². The third-order valence-electron chi connectivity index (χ3n) is 6.23. The van der Waals surface area contributed by atoms with Crippen molar-refractivity contribution in [2.75, 3.05) is 32.7 Å². The maximum atomic E-state index is 16.2. The number of nitrogens with one attached hydrogen (secondary N) is 1. The molecular weight excluding hydrogens is 553 g/mol. The minimum Gasteiger partial charge on any atom is -0.468 e. The molecule has 0 bridgehead atoms. The van der Waals surface area contributed by atoms with Crippen LogP contribution in [0, 0.1) is 6.92 Å².